The van der Waals surface area contributed by atoms with Crippen LogP contribution in [0.25, 0.3) is 11.1 Å². The van der Waals surface area contributed by atoms with Crippen LogP contribution in [0.15, 0.2) is 57.7 Å². The quantitative estimate of drug-likeness (QED) is 0.694. The van der Waals surface area contributed by atoms with Crippen LogP contribution in [-0.4, -0.2) is 24.4 Å². The summed E-state index contributed by atoms with van der Waals surface area (Å²) in [6.07, 6.45) is 0. The molecule has 0 aliphatic rings. The molecule has 1 aromatic heterocycles. The van der Waals surface area contributed by atoms with Gasteiger partial charge in [-0.05, 0) is 36.4 Å². The lowest BCUT2D eigenvalue weighted by Gasteiger charge is -2.12. The molecule has 0 radical (unpaired) electrons. The van der Waals surface area contributed by atoms with Crippen LogP contribution in [0, 0.1) is 0 Å². The molecule has 0 fully saturated rings. The second-order valence-corrected chi connectivity index (χ2v) is 5.29. The van der Waals surface area contributed by atoms with Crippen molar-refractivity contribution >= 4 is 22.6 Å². The average molecular weight is 296 g/mol. The summed E-state index contributed by atoms with van der Waals surface area (Å²) in [5, 5.41) is 0. The van der Waals surface area contributed by atoms with Crippen LogP contribution in [0.4, 0.5) is 5.69 Å². The van der Waals surface area contributed by atoms with Gasteiger partial charge < -0.3 is 9.32 Å². The largest absolute Gasteiger partial charge is 0.420 e. The Morgan fingerprint density at radius 1 is 1.09 bits per heavy atom. The molecule has 5 nitrogen and oxygen atoms in total. The Balaban J connectivity index is 1.90. The zero-order valence-corrected chi connectivity index (χ0v) is 12.4. The second kappa shape index (κ2) is 5.52. The fraction of sp³-hybridized carbons (Fsp3) is 0.176. The molecule has 0 bridgehead atoms. The lowest BCUT2D eigenvalue weighted by atomic mass is 10.1. The van der Waals surface area contributed by atoms with E-state index in [0.717, 1.165) is 5.69 Å². The van der Waals surface area contributed by atoms with E-state index in [9.17, 15) is 9.59 Å². The molecule has 0 saturated heterocycles. The Hall–Kier alpha value is -2.82. The summed E-state index contributed by atoms with van der Waals surface area (Å²) < 4.78 is 6.49. The molecule has 112 valence electrons. The number of aromatic nitrogens is 1. The summed E-state index contributed by atoms with van der Waals surface area (Å²) in [7, 11) is 3.88. The molecule has 0 aliphatic carbocycles. The van der Waals surface area contributed by atoms with E-state index in [2.05, 4.69) is 0 Å². The Morgan fingerprint density at radius 2 is 1.77 bits per heavy atom. The van der Waals surface area contributed by atoms with Gasteiger partial charge in [-0.1, -0.05) is 12.1 Å². The first-order valence-corrected chi connectivity index (χ1v) is 6.95. The molecule has 2 aromatic carbocycles. The summed E-state index contributed by atoms with van der Waals surface area (Å²) in [5.74, 6) is -0.640. The predicted molar refractivity (Wildman–Crippen MR) is 85.6 cm³/mol. The number of oxazole rings is 1. The summed E-state index contributed by atoms with van der Waals surface area (Å²) in [4.78, 5) is 26.2. The van der Waals surface area contributed by atoms with Crippen LogP contribution in [0.3, 0.4) is 0 Å². The number of carbonyl (C=O) groups is 1. The Kier molecular flexibility index (Phi) is 3.55. The molecule has 0 N–H and O–H groups in total. The van der Waals surface area contributed by atoms with E-state index in [1.54, 1.807) is 30.3 Å². The van der Waals surface area contributed by atoms with Crippen LogP contribution in [0.1, 0.15) is 10.4 Å². The van der Waals surface area contributed by atoms with Crippen molar-refractivity contribution < 1.29 is 9.21 Å². The molecule has 1 heterocycles. The molecule has 22 heavy (non-hydrogen) atoms. The Morgan fingerprint density at radius 3 is 2.45 bits per heavy atom. The van der Waals surface area contributed by atoms with Crippen LogP contribution in [0.2, 0.25) is 0 Å². The van der Waals surface area contributed by atoms with Crippen LogP contribution >= 0.6 is 0 Å². The van der Waals surface area contributed by atoms with Crippen molar-refractivity contribution in [1.29, 1.82) is 0 Å². The first kappa shape index (κ1) is 14.1. The molecule has 3 aromatic rings. The van der Waals surface area contributed by atoms with E-state index in [1.807, 2.05) is 37.2 Å². The highest BCUT2D eigenvalue weighted by Gasteiger charge is 2.13. The van der Waals surface area contributed by atoms with Crippen LogP contribution in [0.5, 0.6) is 0 Å². The van der Waals surface area contributed by atoms with Crippen molar-refractivity contribution in [3.05, 3.63) is 64.6 Å². The van der Waals surface area contributed by atoms with Crippen molar-refractivity contribution in [2.75, 3.05) is 19.0 Å². The van der Waals surface area contributed by atoms with E-state index >= 15 is 0 Å². The number of para-hydroxylation sites is 2. The number of hydrogen-bond acceptors (Lipinski definition) is 4. The van der Waals surface area contributed by atoms with Crippen molar-refractivity contribution in [3.63, 3.8) is 0 Å². The molecular weight excluding hydrogens is 280 g/mol. The minimum Gasteiger partial charge on any atom is -0.408 e. The molecule has 3 rings (SSSR count). The number of anilines is 1. The first-order valence-electron chi connectivity index (χ1n) is 6.95. The smallest absolute Gasteiger partial charge is 0.408 e. The highest BCUT2D eigenvalue weighted by Crippen LogP contribution is 2.15. The summed E-state index contributed by atoms with van der Waals surface area (Å²) in [5.41, 5.74) is 2.71. The van der Waals surface area contributed by atoms with E-state index < -0.39 is 5.76 Å². The van der Waals surface area contributed by atoms with Crippen LogP contribution < -0.4 is 10.7 Å². The molecule has 0 spiro atoms. The average Bonchev–Trinajstić information content (AvgIpc) is 2.83. The number of carbonyl (C=O) groups excluding carboxylic acids is 1. The van der Waals surface area contributed by atoms with Crippen molar-refractivity contribution in [3.8, 4) is 0 Å². The van der Waals surface area contributed by atoms with Gasteiger partial charge in [-0.25, -0.2) is 4.79 Å². The molecular formula is C17H16N2O3. The maximum absolute atomic E-state index is 12.4. The third kappa shape index (κ3) is 2.53. The van der Waals surface area contributed by atoms with Crippen molar-refractivity contribution in [1.82, 2.24) is 4.57 Å². The maximum Gasteiger partial charge on any atom is 0.420 e. The first-order chi connectivity index (χ1) is 10.6. The monoisotopic (exact) mass is 296 g/mol. The SMILES string of the molecule is CN(C)c1ccc(C(=O)Cn2c(=O)oc3ccccc32)cc1. The predicted octanol–water partition coefficient (Wildman–Crippen LogP) is 2.54. The normalized spacial score (nSPS) is 10.8. The summed E-state index contributed by atoms with van der Waals surface area (Å²) >= 11 is 0. The zero-order chi connectivity index (χ0) is 15.7. The minimum absolute atomic E-state index is 0.0306. The number of benzene rings is 2. The number of ketones is 1. The number of nitrogens with zero attached hydrogens (tertiary/aromatic N) is 2. The Bertz CT molecular complexity index is 873. The fourth-order valence-electron chi connectivity index (χ4n) is 2.34. The molecule has 0 amide bonds. The third-order valence-electron chi connectivity index (χ3n) is 3.58. The van der Waals surface area contributed by atoms with Crippen molar-refractivity contribution in [2.45, 2.75) is 6.54 Å². The van der Waals surface area contributed by atoms with Gasteiger partial charge in [-0.15, -0.1) is 0 Å². The van der Waals surface area contributed by atoms with Gasteiger partial charge in [0.15, 0.2) is 11.4 Å². The third-order valence-corrected chi connectivity index (χ3v) is 3.58. The summed E-state index contributed by atoms with van der Waals surface area (Å²) in [6, 6.07) is 14.4. The van der Waals surface area contributed by atoms with Gasteiger partial charge in [0.2, 0.25) is 0 Å². The second-order valence-electron chi connectivity index (χ2n) is 5.29. The highest BCUT2D eigenvalue weighted by molar-refractivity contribution is 5.96. The van der Waals surface area contributed by atoms with E-state index in [1.165, 1.54) is 4.57 Å². The number of rotatable bonds is 4. The molecule has 0 aliphatic heterocycles. The summed E-state index contributed by atoms with van der Waals surface area (Å²) in [6.45, 7) is -0.0306. The van der Waals surface area contributed by atoms with Crippen molar-refractivity contribution in [2.24, 2.45) is 0 Å². The van der Waals surface area contributed by atoms with Crippen LogP contribution in [-0.2, 0) is 6.54 Å². The zero-order valence-electron chi connectivity index (χ0n) is 12.4. The van der Waals surface area contributed by atoms with Gasteiger partial charge >= 0.3 is 5.76 Å². The number of hydrogen-bond donors (Lipinski definition) is 0. The number of Topliss-reactive ketones (excluding diaryl/α,β-unsaturated/α-hetero) is 1. The van der Waals surface area contributed by atoms with E-state index in [0.29, 0.717) is 16.7 Å². The molecule has 0 unspecified atom stereocenters. The molecule has 0 saturated carbocycles. The Labute approximate surface area is 127 Å². The van der Waals surface area contributed by atoms with Gasteiger partial charge in [0.1, 0.15) is 0 Å². The van der Waals surface area contributed by atoms with Gasteiger partial charge in [0.05, 0.1) is 12.1 Å². The van der Waals surface area contributed by atoms with Gasteiger partial charge in [-0.3, -0.25) is 9.36 Å². The fourth-order valence-corrected chi connectivity index (χ4v) is 2.34. The van der Waals surface area contributed by atoms with Gasteiger partial charge in [-0.2, -0.15) is 0 Å². The number of fused-ring (bicyclic) bond motifs is 1. The maximum atomic E-state index is 12.4. The highest BCUT2D eigenvalue weighted by atomic mass is 16.4. The minimum atomic E-state index is -0.514. The van der Waals surface area contributed by atoms with Gasteiger partial charge in [0, 0.05) is 25.3 Å². The lowest BCUT2D eigenvalue weighted by molar-refractivity contribution is 0.0970. The molecule has 0 atom stereocenters. The standard InChI is InChI=1S/C17H16N2O3/c1-18(2)13-9-7-12(8-10-13)15(20)11-19-14-5-3-4-6-16(14)22-17(19)21/h3-10H,11H2,1-2H3. The van der Waals surface area contributed by atoms with E-state index in [4.69, 9.17) is 4.42 Å². The molecule has 5 heteroatoms. The lowest BCUT2D eigenvalue weighted by Crippen LogP contribution is -2.20. The van der Waals surface area contributed by atoms with Gasteiger partial charge in [0.25, 0.3) is 0 Å². The van der Waals surface area contributed by atoms with E-state index in [-0.39, 0.29) is 12.3 Å². The topological polar surface area (TPSA) is 55.5 Å².